The van der Waals surface area contributed by atoms with Crippen molar-refractivity contribution in [3.05, 3.63) is 0 Å². The molecule has 1 heterocycles. The molecule has 22 heavy (non-hydrogen) atoms. The van der Waals surface area contributed by atoms with Crippen molar-refractivity contribution in [2.45, 2.75) is 65.3 Å². The largest absolute Gasteiger partial charge is 0.444 e. The maximum atomic E-state index is 12.1. The molecule has 1 aliphatic heterocycles. The molecule has 0 aromatic carbocycles. The van der Waals surface area contributed by atoms with E-state index in [4.69, 9.17) is 9.47 Å². The fourth-order valence-corrected chi connectivity index (χ4v) is 2.31. The zero-order valence-corrected chi connectivity index (χ0v) is 14.3. The van der Waals surface area contributed by atoms with Crippen LogP contribution in [0.2, 0.25) is 0 Å². The minimum absolute atomic E-state index is 0.0370. The van der Waals surface area contributed by atoms with Crippen molar-refractivity contribution in [3.63, 3.8) is 0 Å². The second-order valence-corrected chi connectivity index (χ2v) is 7.11. The molecule has 1 saturated heterocycles. The third-order valence-corrected chi connectivity index (χ3v) is 3.35. The first-order valence-electron chi connectivity index (χ1n) is 7.89. The number of amides is 1. The van der Waals surface area contributed by atoms with Crippen LogP contribution in [0.5, 0.6) is 0 Å². The molecule has 0 bridgehead atoms. The molecule has 6 heteroatoms. The molecule has 1 aliphatic rings. The first-order chi connectivity index (χ1) is 10.1. The third-order valence-electron chi connectivity index (χ3n) is 3.35. The molecule has 1 rings (SSSR count). The summed E-state index contributed by atoms with van der Waals surface area (Å²) in [6, 6.07) is 0. The summed E-state index contributed by atoms with van der Waals surface area (Å²) in [5.41, 5.74) is -0.557. The minimum Gasteiger partial charge on any atom is -0.444 e. The number of hydrogen-bond acceptors (Lipinski definition) is 5. The lowest BCUT2D eigenvalue weighted by Crippen LogP contribution is -2.47. The lowest BCUT2D eigenvalue weighted by atomic mass is 9.91. The van der Waals surface area contributed by atoms with E-state index in [2.05, 4.69) is 0 Å². The highest BCUT2D eigenvalue weighted by molar-refractivity contribution is 5.84. The van der Waals surface area contributed by atoms with Gasteiger partial charge in [0, 0.05) is 25.4 Å². The fourth-order valence-electron chi connectivity index (χ4n) is 2.31. The van der Waals surface area contributed by atoms with Crippen LogP contribution < -0.4 is 0 Å². The average Bonchev–Trinajstić information content (AvgIpc) is 2.37. The van der Waals surface area contributed by atoms with Crippen LogP contribution in [0.1, 0.15) is 47.5 Å². The number of hydrogen-bond donors (Lipinski definition) is 1. The number of aliphatic hydroxyl groups is 1. The molecule has 0 aromatic heterocycles. The monoisotopic (exact) mass is 315 g/mol. The molecule has 1 amide bonds. The van der Waals surface area contributed by atoms with E-state index in [1.54, 1.807) is 4.90 Å². The van der Waals surface area contributed by atoms with Crippen molar-refractivity contribution >= 4 is 11.9 Å². The van der Waals surface area contributed by atoms with Crippen molar-refractivity contribution < 1.29 is 24.2 Å². The predicted molar refractivity (Wildman–Crippen MR) is 82.6 cm³/mol. The van der Waals surface area contributed by atoms with Crippen molar-refractivity contribution in [1.82, 2.24) is 4.90 Å². The van der Waals surface area contributed by atoms with E-state index < -0.39 is 17.8 Å². The number of likely N-dealkylation sites (tertiary alicyclic amines) is 1. The zero-order valence-electron chi connectivity index (χ0n) is 14.3. The second kappa shape index (κ2) is 7.92. The van der Waals surface area contributed by atoms with Gasteiger partial charge in [0.25, 0.3) is 0 Å². The van der Waals surface area contributed by atoms with Gasteiger partial charge < -0.3 is 19.5 Å². The van der Waals surface area contributed by atoms with Crippen LogP contribution in [-0.2, 0) is 14.3 Å². The summed E-state index contributed by atoms with van der Waals surface area (Å²) in [5, 5.41) is 9.97. The molecule has 6 nitrogen and oxygen atoms in total. The van der Waals surface area contributed by atoms with Crippen molar-refractivity contribution in [2.75, 3.05) is 19.7 Å². The number of ether oxygens (including phenoxy) is 2. The van der Waals surface area contributed by atoms with Crippen molar-refractivity contribution in [1.29, 1.82) is 0 Å². The Balaban J connectivity index is 2.53. The Hall–Kier alpha value is -1.14. The molecule has 0 aromatic rings. The third kappa shape index (κ3) is 6.75. The Morgan fingerprint density at radius 1 is 1.41 bits per heavy atom. The fraction of sp³-hybridized carbons (Fsp3) is 0.875. The lowest BCUT2D eigenvalue weighted by Gasteiger charge is -2.34. The van der Waals surface area contributed by atoms with E-state index >= 15 is 0 Å². The molecular weight excluding hydrogens is 286 g/mol. The topological polar surface area (TPSA) is 76.1 Å². The number of aliphatic hydroxyl groups excluding tert-OH is 1. The standard InChI is InChI=1S/C16H29NO5/c1-11(2)21-10-13(18)8-12-9-17(7-6-14(12)19)15(20)22-16(3,4)5/h11-13,18H,6-10H2,1-5H3. The highest BCUT2D eigenvalue weighted by Crippen LogP contribution is 2.20. The van der Waals surface area contributed by atoms with E-state index in [0.717, 1.165) is 0 Å². The van der Waals surface area contributed by atoms with Gasteiger partial charge in [-0.25, -0.2) is 4.79 Å². The van der Waals surface area contributed by atoms with Gasteiger partial charge in [-0.15, -0.1) is 0 Å². The summed E-state index contributed by atoms with van der Waals surface area (Å²) in [5.74, 6) is -0.268. The highest BCUT2D eigenvalue weighted by Gasteiger charge is 2.33. The van der Waals surface area contributed by atoms with Gasteiger partial charge >= 0.3 is 6.09 Å². The van der Waals surface area contributed by atoms with Crippen LogP contribution in [0.15, 0.2) is 0 Å². The van der Waals surface area contributed by atoms with Crippen LogP contribution in [0, 0.1) is 5.92 Å². The van der Waals surface area contributed by atoms with Gasteiger partial charge in [-0.1, -0.05) is 0 Å². The van der Waals surface area contributed by atoms with Gasteiger partial charge in [0.2, 0.25) is 0 Å². The molecule has 0 spiro atoms. The number of nitrogens with zero attached hydrogens (tertiary/aromatic N) is 1. The molecule has 0 radical (unpaired) electrons. The van der Waals surface area contributed by atoms with Gasteiger partial charge in [0.05, 0.1) is 18.8 Å². The van der Waals surface area contributed by atoms with E-state index in [1.165, 1.54) is 0 Å². The SMILES string of the molecule is CC(C)OCC(O)CC1CN(C(=O)OC(C)(C)C)CCC1=O. The maximum absolute atomic E-state index is 12.1. The highest BCUT2D eigenvalue weighted by atomic mass is 16.6. The van der Waals surface area contributed by atoms with Crippen molar-refractivity contribution in [3.8, 4) is 0 Å². The normalized spacial score (nSPS) is 21.1. The number of Topliss-reactive ketones (excluding diaryl/α,β-unsaturated/α-hetero) is 1. The van der Waals surface area contributed by atoms with Crippen LogP contribution in [-0.4, -0.2) is 59.4 Å². The predicted octanol–water partition coefficient (Wildman–Crippen LogP) is 1.99. The molecule has 1 N–H and O–H groups in total. The summed E-state index contributed by atoms with van der Waals surface area (Å²) in [6.45, 7) is 10.1. The van der Waals surface area contributed by atoms with Gasteiger partial charge in [-0.05, 0) is 41.0 Å². The Morgan fingerprint density at radius 3 is 2.59 bits per heavy atom. The Morgan fingerprint density at radius 2 is 2.05 bits per heavy atom. The molecule has 0 aliphatic carbocycles. The molecule has 128 valence electrons. The molecule has 2 unspecified atom stereocenters. The summed E-state index contributed by atoms with van der Waals surface area (Å²) < 4.78 is 10.7. The van der Waals surface area contributed by atoms with Crippen LogP contribution in [0.4, 0.5) is 4.79 Å². The van der Waals surface area contributed by atoms with E-state index in [-0.39, 0.29) is 24.4 Å². The molecular formula is C16H29NO5. The lowest BCUT2D eigenvalue weighted by molar-refractivity contribution is -0.127. The van der Waals surface area contributed by atoms with Gasteiger partial charge in [0.15, 0.2) is 0 Å². The molecule has 2 atom stereocenters. The second-order valence-electron chi connectivity index (χ2n) is 7.11. The first kappa shape index (κ1) is 18.9. The van der Waals surface area contributed by atoms with Crippen molar-refractivity contribution in [2.24, 2.45) is 5.92 Å². The first-order valence-corrected chi connectivity index (χ1v) is 7.89. The maximum Gasteiger partial charge on any atom is 0.410 e. The number of ketones is 1. The summed E-state index contributed by atoms with van der Waals surface area (Å²) in [4.78, 5) is 25.6. The van der Waals surface area contributed by atoms with E-state index in [0.29, 0.717) is 25.9 Å². The molecule has 1 fully saturated rings. The van der Waals surface area contributed by atoms with Crippen LogP contribution >= 0.6 is 0 Å². The van der Waals surface area contributed by atoms with E-state index in [9.17, 15) is 14.7 Å². The van der Waals surface area contributed by atoms with Gasteiger partial charge in [0.1, 0.15) is 11.4 Å². The zero-order chi connectivity index (χ0) is 16.9. The smallest absolute Gasteiger partial charge is 0.410 e. The van der Waals surface area contributed by atoms with Gasteiger partial charge in [-0.2, -0.15) is 0 Å². The molecule has 0 saturated carbocycles. The number of rotatable bonds is 5. The van der Waals surface area contributed by atoms with Crippen LogP contribution in [0.25, 0.3) is 0 Å². The number of carbonyl (C=O) groups is 2. The van der Waals surface area contributed by atoms with Gasteiger partial charge in [-0.3, -0.25) is 4.79 Å². The average molecular weight is 315 g/mol. The Bertz CT molecular complexity index is 388. The minimum atomic E-state index is -0.699. The van der Waals surface area contributed by atoms with Crippen LogP contribution in [0.3, 0.4) is 0 Å². The summed E-state index contributed by atoms with van der Waals surface area (Å²) in [7, 11) is 0. The number of piperidine rings is 1. The number of carbonyl (C=O) groups excluding carboxylic acids is 2. The Kier molecular flexibility index (Phi) is 6.81. The van der Waals surface area contributed by atoms with E-state index in [1.807, 2.05) is 34.6 Å². The summed E-state index contributed by atoms with van der Waals surface area (Å²) in [6.07, 6.45) is -0.449. The Labute approximate surface area is 132 Å². The summed E-state index contributed by atoms with van der Waals surface area (Å²) >= 11 is 0. The quantitative estimate of drug-likeness (QED) is 0.839.